The maximum atomic E-state index is 13.6. The number of anilines is 1. The molecule has 2 bridgehead atoms. The lowest BCUT2D eigenvalue weighted by Crippen LogP contribution is -2.59. The molecule has 50 heavy (non-hydrogen) atoms. The molecular formula is C38H51ClFN3O6S. The zero-order valence-electron chi connectivity index (χ0n) is 29.2. The summed E-state index contributed by atoms with van der Waals surface area (Å²) in [6, 6.07) is 11.3. The number of ether oxygens (including phenoxy) is 3. The Hall–Kier alpha value is -2.44. The summed E-state index contributed by atoms with van der Waals surface area (Å²) in [6.07, 6.45) is 6.25. The molecule has 2 saturated heterocycles. The molecule has 9 nitrogen and oxygen atoms in total. The first-order valence-electron chi connectivity index (χ1n) is 18.5. The molecule has 0 spiro atoms. The van der Waals surface area contributed by atoms with Crippen molar-refractivity contribution in [3.8, 4) is 5.75 Å². The smallest absolute Gasteiger partial charge is 0.264 e. The second kappa shape index (κ2) is 15.3. The molecule has 4 heterocycles. The number of rotatable bonds is 2. The number of aryl methyl sites for hydroxylation is 1. The number of carbonyl (C=O) groups is 1. The number of halogens is 2. The van der Waals surface area contributed by atoms with Crippen LogP contribution >= 0.6 is 11.6 Å². The predicted molar refractivity (Wildman–Crippen MR) is 192 cm³/mol. The van der Waals surface area contributed by atoms with Crippen LogP contribution in [0.2, 0.25) is 5.02 Å². The van der Waals surface area contributed by atoms with Crippen LogP contribution in [0.25, 0.3) is 0 Å². The largest absolute Gasteiger partial charge is 0.487 e. The third-order valence-corrected chi connectivity index (χ3v) is 14.2. The van der Waals surface area contributed by atoms with Gasteiger partial charge in [0.15, 0.2) is 6.29 Å². The van der Waals surface area contributed by atoms with Crippen molar-refractivity contribution in [2.24, 2.45) is 23.7 Å². The molecule has 1 aliphatic carbocycles. The summed E-state index contributed by atoms with van der Waals surface area (Å²) < 4.78 is 62.3. The molecule has 0 unspecified atom stereocenters. The van der Waals surface area contributed by atoms with E-state index in [1.54, 1.807) is 25.1 Å². The van der Waals surface area contributed by atoms with Crippen LogP contribution in [0.5, 0.6) is 5.75 Å². The average molecular weight is 732 g/mol. The summed E-state index contributed by atoms with van der Waals surface area (Å²) in [6.45, 7) is 7.49. The second-order valence-corrected chi connectivity index (χ2v) is 17.8. The molecule has 12 heteroatoms. The van der Waals surface area contributed by atoms with Crippen molar-refractivity contribution in [3.05, 3.63) is 58.1 Å². The van der Waals surface area contributed by atoms with Gasteiger partial charge in [0.2, 0.25) is 10.0 Å². The molecule has 2 aromatic rings. The highest BCUT2D eigenvalue weighted by Gasteiger charge is 2.45. The van der Waals surface area contributed by atoms with Crippen LogP contribution in [-0.2, 0) is 32.5 Å². The van der Waals surface area contributed by atoms with Gasteiger partial charge in [0.25, 0.3) is 5.91 Å². The van der Waals surface area contributed by atoms with E-state index in [1.807, 2.05) is 25.1 Å². The Labute approximate surface area is 301 Å². The van der Waals surface area contributed by atoms with Crippen LogP contribution in [0.15, 0.2) is 36.4 Å². The van der Waals surface area contributed by atoms with E-state index < -0.39 is 27.4 Å². The van der Waals surface area contributed by atoms with Gasteiger partial charge in [0.05, 0.1) is 30.2 Å². The van der Waals surface area contributed by atoms with Crippen molar-refractivity contribution >= 4 is 33.2 Å². The molecule has 3 fully saturated rings. The Bertz CT molecular complexity index is 1630. The van der Waals surface area contributed by atoms with E-state index in [4.69, 9.17) is 25.8 Å². The third kappa shape index (κ3) is 7.82. The van der Waals surface area contributed by atoms with Crippen LogP contribution in [0.4, 0.5) is 10.1 Å². The second-order valence-electron chi connectivity index (χ2n) is 15.3. The van der Waals surface area contributed by atoms with Crippen LogP contribution in [-0.4, -0.2) is 82.4 Å². The van der Waals surface area contributed by atoms with E-state index >= 15 is 0 Å². The number of nitrogens with zero attached hydrogens (tertiary/aromatic N) is 2. The van der Waals surface area contributed by atoms with Crippen LogP contribution < -0.4 is 14.4 Å². The van der Waals surface area contributed by atoms with E-state index in [0.717, 1.165) is 69.3 Å². The summed E-state index contributed by atoms with van der Waals surface area (Å²) in [7, 11) is -3.93. The van der Waals surface area contributed by atoms with Gasteiger partial charge in [-0.05, 0) is 111 Å². The molecule has 274 valence electrons. The maximum absolute atomic E-state index is 13.6. The van der Waals surface area contributed by atoms with E-state index in [2.05, 4.69) is 14.5 Å². The lowest BCUT2D eigenvalue weighted by atomic mass is 9.65. The number of fused-ring (bicyclic) bond motifs is 3. The first-order chi connectivity index (χ1) is 24.1. The molecule has 1 saturated carbocycles. The van der Waals surface area contributed by atoms with E-state index in [0.29, 0.717) is 61.9 Å². The third-order valence-electron chi connectivity index (χ3n) is 12.1. The number of hydrogen-bond acceptors (Lipinski definition) is 8. The Kier molecular flexibility index (Phi) is 11.0. The minimum Gasteiger partial charge on any atom is -0.487 e. The fourth-order valence-corrected chi connectivity index (χ4v) is 10.0. The Balaban J connectivity index is 1.19. The Morgan fingerprint density at radius 1 is 0.900 bits per heavy atom. The average Bonchev–Trinajstić information content (AvgIpc) is 3.10. The van der Waals surface area contributed by atoms with Gasteiger partial charge >= 0.3 is 0 Å². The van der Waals surface area contributed by atoms with Gasteiger partial charge in [-0.15, -0.1) is 0 Å². The highest BCUT2D eigenvalue weighted by molar-refractivity contribution is 7.90. The van der Waals surface area contributed by atoms with Gasteiger partial charge in [0.1, 0.15) is 18.5 Å². The minimum atomic E-state index is -3.93. The lowest BCUT2D eigenvalue weighted by Gasteiger charge is -2.49. The predicted octanol–water partition coefficient (Wildman–Crippen LogP) is 6.37. The molecule has 7 rings (SSSR count). The van der Waals surface area contributed by atoms with Gasteiger partial charge in [-0.25, -0.2) is 17.5 Å². The first-order valence-corrected chi connectivity index (χ1v) is 20.4. The summed E-state index contributed by atoms with van der Waals surface area (Å²) in [5.41, 5.74) is 3.35. The van der Waals surface area contributed by atoms with Crippen molar-refractivity contribution in [1.29, 1.82) is 0 Å². The van der Waals surface area contributed by atoms with Crippen LogP contribution in [0.1, 0.15) is 80.3 Å². The number of alkyl halides is 1. The highest BCUT2D eigenvalue weighted by atomic mass is 35.5. The van der Waals surface area contributed by atoms with Crippen LogP contribution in [0, 0.1) is 23.7 Å². The molecule has 0 aromatic heterocycles. The molecule has 2 aromatic carbocycles. The lowest BCUT2D eigenvalue weighted by molar-refractivity contribution is -0.249. The van der Waals surface area contributed by atoms with E-state index in [1.165, 1.54) is 5.56 Å². The number of carbonyl (C=O) groups excluding carboxylic acids is 1. The maximum Gasteiger partial charge on any atom is 0.264 e. The number of hydrogen-bond donors (Lipinski definition) is 1. The molecule has 4 aliphatic heterocycles. The van der Waals surface area contributed by atoms with Crippen LogP contribution in [0.3, 0.4) is 0 Å². The molecule has 1 N–H and O–H groups in total. The van der Waals surface area contributed by atoms with Gasteiger partial charge in [0, 0.05) is 42.7 Å². The first kappa shape index (κ1) is 35.9. The summed E-state index contributed by atoms with van der Waals surface area (Å²) in [5.74, 6) is 0.813. The zero-order valence-corrected chi connectivity index (χ0v) is 30.8. The monoisotopic (exact) mass is 731 g/mol. The van der Waals surface area contributed by atoms with Crippen molar-refractivity contribution in [3.63, 3.8) is 0 Å². The fourth-order valence-electron chi connectivity index (χ4n) is 8.52. The molecule has 5 atom stereocenters. The normalized spacial score (nSPS) is 32.9. The zero-order chi connectivity index (χ0) is 35.0. The summed E-state index contributed by atoms with van der Waals surface area (Å²) in [5, 5.41) is -0.0401. The number of nitrogens with one attached hydrogen (secondary N) is 1. The van der Waals surface area contributed by atoms with Gasteiger partial charge in [-0.2, -0.15) is 0 Å². The van der Waals surface area contributed by atoms with E-state index in [9.17, 15) is 17.6 Å². The van der Waals surface area contributed by atoms with Gasteiger partial charge in [-0.3, -0.25) is 9.69 Å². The fraction of sp³-hybridized carbons (Fsp3) is 0.658. The molecule has 5 aliphatic rings. The molecule has 0 radical (unpaired) electrons. The van der Waals surface area contributed by atoms with E-state index in [-0.39, 0.29) is 29.7 Å². The molecule has 1 amide bonds. The summed E-state index contributed by atoms with van der Waals surface area (Å²) in [4.78, 5) is 18.0. The quantitative estimate of drug-likeness (QED) is 0.381. The number of benzene rings is 2. The Morgan fingerprint density at radius 2 is 1.70 bits per heavy atom. The van der Waals surface area contributed by atoms with Gasteiger partial charge in [-0.1, -0.05) is 31.0 Å². The molecular weight excluding hydrogens is 681 g/mol. The Morgan fingerprint density at radius 3 is 2.44 bits per heavy atom. The van der Waals surface area contributed by atoms with Crippen molar-refractivity contribution in [2.45, 2.75) is 95.6 Å². The summed E-state index contributed by atoms with van der Waals surface area (Å²) >= 11 is 6.37. The minimum absolute atomic E-state index is 0.0777. The topological polar surface area (TPSA) is 97.4 Å². The van der Waals surface area contributed by atoms with Crippen molar-refractivity contribution < 1.29 is 31.8 Å². The van der Waals surface area contributed by atoms with Gasteiger partial charge < -0.3 is 19.1 Å². The number of likely N-dealkylation sites (tertiary alicyclic amines) is 1. The SMILES string of the molecule is C[C@@H]1[C@@H](C)CCC[C@@H]([C@H]2OC[C@@H](N3CC(F)C3)CO2)[C@@H]2CC[C@H]2CN2CCCCc3cc(Cl)ccc3COc3ccc(cc32)C(=O)NS1(=O)=O. The number of amides is 1. The van der Waals surface area contributed by atoms with Crippen molar-refractivity contribution in [2.75, 3.05) is 44.3 Å². The standard InChI is InChI=1S/C38H51ClFN3O6S/c1-24-6-5-8-34(38-48-22-32(23-49-38)43-19-31(40)20-43)33-13-10-28(33)18-42-15-4-3-7-26-16-30(39)12-9-29(26)21-47-36-14-11-27(17-35(36)42)37(44)41-50(45,46)25(24)2/h9,11-12,14,16-17,24-25,28,31-34,38H,3-8,10,13,15,18-23H2,1-2H3,(H,41,44)/t24-,25+,28-,32-,33+,34+,38+/m0/s1. The number of sulfonamides is 1. The highest BCUT2D eigenvalue weighted by Crippen LogP contribution is 2.46. The van der Waals surface area contributed by atoms with Crippen molar-refractivity contribution in [1.82, 2.24) is 9.62 Å².